The van der Waals surface area contributed by atoms with E-state index in [2.05, 4.69) is 10.3 Å². The molecule has 1 aliphatic heterocycles. The van der Waals surface area contributed by atoms with Gasteiger partial charge in [-0.15, -0.1) is 0 Å². The maximum atomic E-state index is 11.5. The van der Waals surface area contributed by atoms with Gasteiger partial charge in [0.25, 0.3) is 0 Å². The monoisotopic (exact) mass is 233 g/mol. The zero-order valence-electron chi connectivity index (χ0n) is 9.77. The van der Waals surface area contributed by atoms with Crippen LogP contribution in [0.15, 0.2) is 18.3 Å². The summed E-state index contributed by atoms with van der Waals surface area (Å²) in [6.45, 7) is 3.11. The van der Waals surface area contributed by atoms with Crippen molar-refractivity contribution in [2.75, 3.05) is 11.9 Å². The van der Waals surface area contributed by atoms with Crippen LogP contribution in [0, 0.1) is 0 Å². The Hall–Kier alpha value is -1.91. The lowest BCUT2D eigenvalue weighted by Gasteiger charge is -2.13. The molecule has 5 nitrogen and oxygen atoms in total. The van der Waals surface area contributed by atoms with Crippen molar-refractivity contribution >= 4 is 17.5 Å². The number of amides is 2. The molecule has 90 valence electrons. The summed E-state index contributed by atoms with van der Waals surface area (Å²) in [5.74, 6) is -0.212. The number of anilines is 1. The van der Waals surface area contributed by atoms with Gasteiger partial charge in [0.05, 0.1) is 12.2 Å². The molecule has 17 heavy (non-hydrogen) atoms. The van der Waals surface area contributed by atoms with Gasteiger partial charge in [0.1, 0.15) is 0 Å². The Morgan fingerprint density at radius 3 is 2.71 bits per heavy atom. The van der Waals surface area contributed by atoms with E-state index in [1.54, 1.807) is 6.20 Å². The highest BCUT2D eigenvalue weighted by molar-refractivity contribution is 6.01. The topological polar surface area (TPSA) is 62.3 Å². The lowest BCUT2D eigenvalue weighted by molar-refractivity contribution is -0.139. The Morgan fingerprint density at radius 2 is 2.06 bits per heavy atom. The van der Waals surface area contributed by atoms with Gasteiger partial charge in [-0.1, -0.05) is 0 Å². The number of imide groups is 1. The van der Waals surface area contributed by atoms with Crippen molar-refractivity contribution < 1.29 is 9.59 Å². The summed E-state index contributed by atoms with van der Waals surface area (Å²) in [6.07, 6.45) is 2.33. The lowest BCUT2D eigenvalue weighted by Crippen LogP contribution is -2.28. The average molecular weight is 233 g/mol. The molecule has 2 rings (SSSR count). The zero-order valence-corrected chi connectivity index (χ0v) is 9.77. The van der Waals surface area contributed by atoms with Crippen LogP contribution in [0.25, 0.3) is 0 Å². The van der Waals surface area contributed by atoms with E-state index >= 15 is 0 Å². The minimum atomic E-state index is -0.106. The largest absolute Gasteiger partial charge is 0.385 e. The molecular weight excluding hydrogens is 218 g/mol. The van der Waals surface area contributed by atoms with Gasteiger partial charge in [-0.25, -0.2) is 0 Å². The van der Waals surface area contributed by atoms with Crippen LogP contribution < -0.4 is 5.32 Å². The quantitative estimate of drug-likeness (QED) is 0.793. The molecule has 1 aromatic rings. The molecule has 5 heteroatoms. The minimum absolute atomic E-state index is 0.106. The molecule has 1 fully saturated rings. The first kappa shape index (κ1) is 11.6. The van der Waals surface area contributed by atoms with Gasteiger partial charge in [-0.2, -0.15) is 0 Å². The van der Waals surface area contributed by atoms with Gasteiger partial charge in [0.15, 0.2) is 0 Å². The van der Waals surface area contributed by atoms with Gasteiger partial charge in [-0.05, 0) is 19.1 Å². The van der Waals surface area contributed by atoms with Crippen LogP contribution in [-0.2, 0) is 16.1 Å². The summed E-state index contributed by atoms with van der Waals surface area (Å²) in [4.78, 5) is 28.4. The lowest BCUT2D eigenvalue weighted by atomic mass is 10.3. The fraction of sp³-hybridized carbons (Fsp3) is 0.417. The fourth-order valence-electron chi connectivity index (χ4n) is 1.84. The van der Waals surface area contributed by atoms with Crippen molar-refractivity contribution in [2.24, 2.45) is 0 Å². The van der Waals surface area contributed by atoms with E-state index in [9.17, 15) is 9.59 Å². The van der Waals surface area contributed by atoms with E-state index in [0.717, 1.165) is 17.9 Å². The number of carbonyl (C=O) groups excluding carboxylic acids is 2. The molecule has 1 aromatic heterocycles. The molecule has 0 atom stereocenters. The standard InChI is InChI=1S/C12H15N3O2/c1-2-13-9-5-6-14-10(7-9)8-15-11(16)3-4-12(15)17/h5-7H,2-4,8H2,1H3,(H,13,14). The number of nitrogens with zero attached hydrogens (tertiary/aromatic N) is 2. The number of aromatic nitrogens is 1. The highest BCUT2D eigenvalue weighted by Gasteiger charge is 2.28. The molecule has 1 aliphatic rings. The SMILES string of the molecule is CCNc1ccnc(CN2C(=O)CCC2=O)c1. The smallest absolute Gasteiger partial charge is 0.230 e. The molecule has 2 amide bonds. The number of hydrogen-bond donors (Lipinski definition) is 1. The minimum Gasteiger partial charge on any atom is -0.385 e. The Morgan fingerprint density at radius 1 is 1.35 bits per heavy atom. The number of rotatable bonds is 4. The molecule has 0 saturated carbocycles. The molecular formula is C12H15N3O2. The summed E-state index contributed by atoms with van der Waals surface area (Å²) in [5.41, 5.74) is 1.68. The highest BCUT2D eigenvalue weighted by Crippen LogP contribution is 2.16. The molecule has 0 bridgehead atoms. The molecule has 0 aromatic carbocycles. The van der Waals surface area contributed by atoms with Crippen molar-refractivity contribution in [3.05, 3.63) is 24.0 Å². The second-order valence-electron chi connectivity index (χ2n) is 3.94. The first-order valence-corrected chi connectivity index (χ1v) is 5.72. The summed E-state index contributed by atoms with van der Waals surface area (Å²) < 4.78 is 0. The van der Waals surface area contributed by atoms with Crippen molar-refractivity contribution in [3.63, 3.8) is 0 Å². The summed E-state index contributed by atoms with van der Waals surface area (Å²) >= 11 is 0. The first-order chi connectivity index (χ1) is 8.20. The number of pyridine rings is 1. The van der Waals surface area contributed by atoms with Crippen molar-refractivity contribution in [2.45, 2.75) is 26.3 Å². The maximum absolute atomic E-state index is 11.5. The van der Waals surface area contributed by atoms with E-state index in [0.29, 0.717) is 12.8 Å². The molecule has 1 N–H and O–H groups in total. The molecule has 0 aliphatic carbocycles. The number of likely N-dealkylation sites (tertiary alicyclic amines) is 1. The van der Waals surface area contributed by atoms with Crippen molar-refractivity contribution in [3.8, 4) is 0 Å². The Labute approximate surface area is 99.8 Å². The van der Waals surface area contributed by atoms with Gasteiger partial charge in [0, 0.05) is 31.3 Å². The summed E-state index contributed by atoms with van der Waals surface area (Å²) in [7, 11) is 0. The normalized spacial score (nSPS) is 15.5. The van der Waals surface area contributed by atoms with Crippen LogP contribution in [-0.4, -0.2) is 28.2 Å². The Bertz CT molecular complexity index is 429. The Balaban J connectivity index is 2.10. The number of hydrogen-bond acceptors (Lipinski definition) is 4. The van der Waals surface area contributed by atoms with Gasteiger partial charge >= 0.3 is 0 Å². The van der Waals surface area contributed by atoms with E-state index in [1.165, 1.54) is 4.90 Å². The van der Waals surface area contributed by atoms with E-state index in [1.807, 2.05) is 19.1 Å². The predicted octanol–water partition coefficient (Wildman–Crippen LogP) is 1.16. The van der Waals surface area contributed by atoms with Crippen molar-refractivity contribution in [1.29, 1.82) is 0 Å². The zero-order chi connectivity index (χ0) is 12.3. The van der Waals surface area contributed by atoms with E-state index in [-0.39, 0.29) is 18.4 Å². The van der Waals surface area contributed by atoms with Crippen LogP contribution in [0.2, 0.25) is 0 Å². The second-order valence-corrected chi connectivity index (χ2v) is 3.94. The second kappa shape index (κ2) is 4.95. The summed E-state index contributed by atoms with van der Waals surface area (Å²) in [6, 6.07) is 3.73. The molecule has 0 unspecified atom stereocenters. The molecule has 1 saturated heterocycles. The number of nitrogens with one attached hydrogen (secondary N) is 1. The van der Waals surface area contributed by atoms with Gasteiger partial charge in [-0.3, -0.25) is 19.5 Å². The van der Waals surface area contributed by atoms with Crippen LogP contribution in [0.3, 0.4) is 0 Å². The highest BCUT2D eigenvalue weighted by atomic mass is 16.2. The van der Waals surface area contributed by atoms with Crippen LogP contribution in [0.4, 0.5) is 5.69 Å². The van der Waals surface area contributed by atoms with Gasteiger partial charge < -0.3 is 5.32 Å². The number of carbonyl (C=O) groups is 2. The van der Waals surface area contributed by atoms with Crippen molar-refractivity contribution in [1.82, 2.24) is 9.88 Å². The molecule has 0 spiro atoms. The van der Waals surface area contributed by atoms with Crippen LogP contribution >= 0.6 is 0 Å². The predicted molar refractivity (Wildman–Crippen MR) is 63.2 cm³/mol. The molecule has 2 heterocycles. The first-order valence-electron chi connectivity index (χ1n) is 5.72. The fourth-order valence-corrected chi connectivity index (χ4v) is 1.84. The third-order valence-corrected chi connectivity index (χ3v) is 2.67. The van der Waals surface area contributed by atoms with E-state index < -0.39 is 0 Å². The van der Waals surface area contributed by atoms with E-state index in [4.69, 9.17) is 0 Å². The Kier molecular flexibility index (Phi) is 3.37. The van der Waals surface area contributed by atoms with Crippen LogP contribution in [0.5, 0.6) is 0 Å². The summed E-state index contributed by atoms with van der Waals surface area (Å²) in [5, 5.41) is 3.17. The average Bonchev–Trinajstić information content (AvgIpc) is 2.62. The maximum Gasteiger partial charge on any atom is 0.230 e. The molecule has 0 radical (unpaired) electrons. The third-order valence-electron chi connectivity index (χ3n) is 2.67. The third kappa shape index (κ3) is 2.61. The van der Waals surface area contributed by atoms with Crippen LogP contribution in [0.1, 0.15) is 25.5 Å². The van der Waals surface area contributed by atoms with Gasteiger partial charge in [0.2, 0.25) is 11.8 Å².